The van der Waals surface area contributed by atoms with Crippen LogP contribution in [0.5, 0.6) is 0 Å². The first-order valence-electron chi connectivity index (χ1n) is 6.42. The van der Waals surface area contributed by atoms with Gasteiger partial charge in [-0.2, -0.15) is 0 Å². The predicted octanol–water partition coefficient (Wildman–Crippen LogP) is 4.98. The highest BCUT2D eigenvalue weighted by Crippen LogP contribution is 2.20. The first-order chi connectivity index (χ1) is 9.66. The molecule has 0 atom stereocenters. The van der Waals surface area contributed by atoms with Gasteiger partial charge in [-0.3, -0.25) is 4.99 Å². The zero-order valence-corrected chi connectivity index (χ0v) is 12.3. The van der Waals surface area contributed by atoms with Crippen molar-refractivity contribution in [1.29, 1.82) is 0 Å². The molecule has 0 unspecified atom stereocenters. The summed E-state index contributed by atoms with van der Waals surface area (Å²) >= 11 is 4.26. The Balaban J connectivity index is 2.42. The van der Waals surface area contributed by atoms with Gasteiger partial charge >= 0.3 is 0 Å². The Bertz CT molecular complexity index is 640. The van der Waals surface area contributed by atoms with Crippen LogP contribution in [0.1, 0.15) is 18.1 Å². The highest BCUT2D eigenvalue weighted by Gasteiger charge is 2.02. The summed E-state index contributed by atoms with van der Waals surface area (Å²) in [6.45, 7) is 5.83. The lowest BCUT2D eigenvalue weighted by molar-refractivity contribution is 1.47. The van der Waals surface area contributed by atoms with Crippen LogP contribution in [0.3, 0.4) is 0 Å². The molecule has 20 heavy (non-hydrogen) atoms. The maximum atomic E-state index is 4.73. The van der Waals surface area contributed by atoms with E-state index in [2.05, 4.69) is 31.3 Å². The van der Waals surface area contributed by atoms with Gasteiger partial charge in [-0.15, -0.1) is 12.6 Å². The molecule has 0 amide bonds. The molecule has 0 radical (unpaired) electrons. The molecule has 100 valence electrons. The molecule has 2 aromatic carbocycles. The highest BCUT2D eigenvalue weighted by atomic mass is 32.1. The minimum Gasteiger partial charge on any atom is -0.252 e. The summed E-state index contributed by atoms with van der Waals surface area (Å²) in [5.41, 5.74) is 4.00. The molecule has 0 aliphatic carbocycles. The zero-order chi connectivity index (χ0) is 14.4. The molecular weight excluding hydrogens is 262 g/mol. The van der Waals surface area contributed by atoms with Crippen LogP contribution in [0.15, 0.2) is 83.2 Å². The molecule has 0 N–H and O–H groups in total. The van der Waals surface area contributed by atoms with E-state index in [0.29, 0.717) is 4.91 Å². The van der Waals surface area contributed by atoms with Gasteiger partial charge in [0.1, 0.15) is 0 Å². The molecule has 0 aliphatic rings. The average molecular weight is 279 g/mol. The van der Waals surface area contributed by atoms with Gasteiger partial charge in [0.15, 0.2) is 0 Å². The van der Waals surface area contributed by atoms with E-state index in [1.807, 2.05) is 61.5 Å². The van der Waals surface area contributed by atoms with Crippen molar-refractivity contribution < 1.29 is 0 Å². The lowest BCUT2D eigenvalue weighted by atomic mass is 10.1. The molecule has 0 bridgehead atoms. The van der Waals surface area contributed by atoms with Gasteiger partial charge in [-0.25, -0.2) is 0 Å². The van der Waals surface area contributed by atoms with Crippen LogP contribution in [0.2, 0.25) is 0 Å². The van der Waals surface area contributed by atoms with Crippen molar-refractivity contribution in [1.82, 2.24) is 0 Å². The fraction of sp³-hybridized carbons (Fsp3) is 0.0556. The summed E-state index contributed by atoms with van der Waals surface area (Å²) in [5, 5.41) is 0. The maximum absolute atomic E-state index is 4.73. The predicted molar refractivity (Wildman–Crippen MR) is 91.2 cm³/mol. The quantitative estimate of drug-likeness (QED) is 0.460. The van der Waals surface area contributed by atoms with E-state index in [4.69, 9.17) is 4.99 Å². The Labute approximate surface area is 125 Å². The van der Waals surface area contributed by atoms with Crippen LogP contribution in [-0.4, -0.2) is 5.71 Å². The molecular formula is C18H17NS. The summed E-state index contributed by atoms with van der Waals surface area (Å²) in [6.07, 6.45) is 1.88. The van der Waals surface area contributed by atoms with Crippen molar-refractivity contribution in [2.45, 2.75) is 6.92 Å². The van der Waals surface area contributed by atoms with E-state index >= 15 is 0 Å². The van der Waals surface area contributed by atoms with Crippen LogP contribution in [0.4, 0.5) is 0 Å². The third-order valence-corrected chi connectivity index (χ3v) is 2.98. The average Bonchev–Trinajstić information content (AvgIpc) is 2.48. The number of nitrogens with zero attached hydrogens (tertiary/aromatic N) is 1. The lowest BCUT2D eigenvalue weighted by Crippen LogP contribution is -1.95. The van der Waals surface area contributed by atoms with Gasteiger partial charge in [0.2, 0.25) is 0 Å². The number of thiol groups is 1. The van der Waals surface area contributed by atoms with E-state index in [-0.39, 0.29) is 0 Å². The third-order valence-electron chi connectivity index (χ3n) is 2.85. The smallest absolute Gasteiger partial charge is 0.0716 e. The molecule has 0 spiro atoms. The molecule has 0 aliphatic heterocycles. The number of rotatable bonds is 4. The van der Waals surface area contributed by atoms with E-state index in [9.17, 15) is 0 Å². The zero-order valence-electron chi connectivity index (χ0n) is 11.5. The minimum atomic E-state index is 0.688. The van der Waals surface area contributed by atoms with E-state index < -0.39 is 0 Å². The Kier molecular flexibility index (Phi) is 4.97. The Morgan fingerprint density at radius 3 is 1.95 bits per heavy atom. The highest BCUT2D eigenvalue weighted by molar-refractivity contribution is 7.84. The second-order valence-corrected chi connectivity index (χ2v) is 5.02. The van der Waals surface area contributed by atoms with Crippen LogP contribution >= 0.6 is 12.6 Å². The third kappa shape index (κ3) is 3.97. The normalized spacial score (nSPS) is 12.3. The van der Waals surface area contributed by atoms with Crippen LogP contribution in [0, 0.1) is 0 Å². The largest absolute Gasteiger partial charge is 0.252 e. The van der Waals surface area contributed by atoms with Crippen molar-refractivity contribution in [3.8, 4) is 0 Å². The van der Waals surface area contributed by atoms with Gasteiger partial charge in [0, 0.05) is 11.3 Å². The number of allylic oxidation sites excluding steroid dienone is 1. The number of hydrogen-bond acceptors (Lipinski definition) is 2. The summed E-state index contributed by atoms with van der Waals surface area (Å²) in [5.74, 6) is 0. The summed E-state index contributed by atoms with van der Waals surface area (Å²) in [6, 6.07) is 20.2. The van der Waals surface area contributed by atoms with Crippen molar-refractivity contribution >= 4 is 24.0 Å². The van der Waals surface area contributed by atoms with Gasteiger partial charge in [-0.05, 0) is 23.5 Å². The number of aliphatic imine (C=N–C) groups is 1. The Hall–Kier alpha value is -2.06. The van der Waals surface area contributed by atoms with Crippen molar-refractivity contribution in [3.63, 3.8) is 0 Å². The molecule has 0 fully saturated rings. The second-order valence-electron chi connectivity index (χ2n) is 4.45. The fourth-order valence-corrected chi connectivity index (χ4v) is 1.99. The molecule has 2 aromatic rings. The molecule has 0 aromatic heterocycles. The number of benzene rings is 2. The van der Waals surface area contributed by atoms with Crippen molar-refractivity contribution in [2.24, 2.45) is 4.99 Å². The summed E-state index contributed by atoms with van der Waals surface area (Å²) < 4.78 is 0. The van der Waals surface area contributed by atoms with Gasteiger partial charge in [0.25, 0.3) is 0 Å². The summed E-state index contributed by atoms with van der Waals surface area (Å²) in [7, 11) is 0. The van der Waals surface area contributed by atoms with Crippen LogP contribution in [0.25, 0.3) is 5.70 Å². The fourth-order valence-electron chi connectivity index (χ4n) is 1.87. The topological polar surface area (TPSA) is 12.4 Å². The first-order valence-corrected chi connectivity index (χ1v) is 6.87. The van der Waals surface area contributed by atoms with Crippen LogP contribution in [-0.2, 0) is 0 Å². The van der Waals surface area contributed by atoms with E-state index in [1.54, 1.807) is 0 Å². The first kappa shape index (κ1) is 14.4. The Morgan fingerprint density at radius 2 is 1.45 bits per heavy atom. The SMILES string of the molecule is C=C(S)/C=C(\N=C(/C)c1ccccc1)c1ccccc1. The lowest BCUT2D eigenvalue weighted by Gasteiger charge is -2.06. The van der Waals surface area contributed by atoms with Gasteiger partial charge < -0.3 is 0 Å². The van der Waals surface area contributed by atoms with Gasteiger partial charge in [0.05, 0.1) is 5.70 Å². The van der Waals surface area contributed by atoms with Crippen molar-refractivity contribution in [2.75, 3.05) is 0 Å². The molecule has 1 nitrogen and oxygen atoms in total. The molecule has 0 saturated carbocycles. The molecule has 0 heterocycles. The summed E-state index contributed by atoms with van der Waals surface area (Å²) in [4.78, 5) is 5.41. The maximum Gasteiger partial charge on any atom is 0.0716 e. The van der Waals surface area contributed by atoms with Crippen molar-refractivity contribution in [3.05, 3.63) is 89.4 Å². The molecule has 2 rings (SSSR count). The molecule has 2 heteroatoms. The Morgan fingerprint density at radius 1 is 0.950 bits per heavy atom. The molecule has 0 saturated heterocycles. The van der Waals surface area contributed by atoms with Gasteiger partial charge in [-0.1, -0.05) is 67.2 Å². The van der Waals surface area contributed by atoms with Crippen LogP contribution < -0.4 is 0 Å². The standard InChI is InChI=1S/C18H17NS/c1-14(20)13-18(17-11-7-4-8-12-17)19-15(2)16-9-5-3-6-10-16/h3-13,20H,1H2,2H3/b18-13-,19-15+. The minimum absolute atomic E-state index is 0.688. The number of hydrogen-bond donors (Lipinski definition) is 1. The van der Waals surface area contributed by atoms with E-state index in [1.165, 1.54) is 0 Å². The van der Waals surface area contributed by atoms with E-state index in [0.717, 1.165) is 22.5 Å². The second kappa shape index (κ2) is 6.92. The monoisotopic (exact) mass is 279 g/mol.